The molecule has 29 heavy (non-hydrogen) atoms. The average Bonchev–Trinajstić information content (AvgIpc) is 3.09. The number of fused-ring (bicyclic) bond motifs is 4. The van der Waals surface area contributed by atoms with Crippen LogP contribution in [0.15, 0.2) is 69.9 Å². The van der Waals surface area contributed by atoms with E-state index in [9.17, 15) is 4.79 Å². The van der Waals surface area contributed by atoms with Crippen molar-refractivity contribution in [2.75, 3.05) is 19.0 Å². The Morgan fingerprint density at radius 1 is 0.931 bits per heavy atom. The molecule has 5 rings (SSSR count). The van der Waals surface area contributed by atoms with Crippen LogP contribution in [0.5, 0.6) is 0 Å². The summed E-state index contributed by atoms with van der Waals surface area (Å²) in [4.78, 5) is 18.8. The first-order chi connectivity index (χ1) is 14.1. The van der Waals surface area contributed by atoms with E-state index in [1.165, 1.54) is 22.3 Å². The summed E-state index contributed by atoms with van der Waals surface area (Å²) < 4.78 is 5.49. The molecule has 0 N–H and O–H groups in total. The third kappa shape index (κ3) is 3.13. The summed E-state index contributed by atoms with van der Waals surface area (Å²) in [5.74, 6) is 0. The highest BCUT2D eigenvalue weighted by Crippen LogP contribution is 2.36. The van der Waals surface area contributed by atoms with Gasteiger partial charge in [0.15, 0.2) is 5.58 Å². The summed E-state index contributed by atoms with van der Waals surface area (Å²) in [6.07, 6.45) is 4.59. The number of hydrogen-bond donors (Lipinski definition) is 0. The van der Waals surface area contributed by atoms with Crippen LogP contribution in [0.2, 0.25) is 0 Å². The third-order valence-electron chi connectivity index (χ3n) is 5.36. The largest absolute Gasteiger partial charge is 0.419 e. The van der Waals surface area contributed by atoms with E-state index in [1.807, 2.05) is 43.3 Å². The summed E-state index contributed by atoms with van der Waals surface area (Å²) in [7, 11) is 3.89. The van der Waals surface area contributed by atoms with E-state index in [-0.39, 0.29) is 0 Å². The Kier molecular flexibility index (Phi) is 4.06. The van der Waals surface area contributed by atoms with Crippen LogP contribution in [0.1, 0.15) is 22.4 Å². The van der Waals surface area contributed by atoms with E-state index < -0.39 is 5.63 Å². The highest BCUT2D eigenvalue weighted by molar-refractivity contribution is 5.81. The molecule has 1 aliphatic rings. The molecule has 0 aliphatic heterocycles. The molecule has 0 fully saturated rings. The van der Waals surface area contributed by atoms with Crippen LogP contribution in [0.3, 0.4) is 0 Å². The summed E-state index contributed by atoms with van der Waals surface area (Å²) in [6, 6.07) is 20.6. The van der Waals surface area contributed by atoms with Crippen LogP contribution in [0.25, 0.3) is 34.4 Å². The maximum Gasteiger partial charge on any atom is 0.362 e. The quantitative estimate of drug-likeness (QED) is 0.442. The van der Waals surface area contributed by atoms with Crippen LogP contribution in [0.4, 0.5) is 5.69 Å². The monoisotopic (exact) mass is 380 g/mol. The molecule has 0 saturated carbocycles. The van der Waals surface area contributed by atoms with E-state index in [4.69, 9.17) is 4.42 Å². The van der Waals surface area contributed by atoms with Crippen LogP contribution in [-0.4, -0.2) is 19.1 Å². The van der Waals surface area contributed by atoms with Crippen molar-refractivity contribution in [3.05, 3.63) is 93.5 Å². The molecule has 0 amide bonds. The lowest BCUT2D eigenvalue weighted by atomic mass is 10.0. The van der Waals surface area contributed by atoms with Gasteiger partial charge in [-0.3, -0.25) is 0 Å². The lowest BCUT2D eigenvalue weighted by Crippen LogP contribution is -2.09. The number of hydrogen-bond acceptors (Lipinski definition) is 4. The molecule has 0 unspecified atom stereocenters. The van der Waals surface area contributed by atoms with Crippen LogP contribution in [-0.2, 0) is 6.42 Å². The third-order valence-corrected chi connectivity index (χ3v) is 5.36. The zero-order valence-corrected chi connectivity index (χ0v) is 16.3. The molecule has 0 radical (unpaired) electrons. The van der Waals surface area contributed by atoms with Gasteiger partial charge in [-0.25, -0.2) is 9.78 Å². The molecule has 4 heteroatoms. The highest BCUT2D eigenvalue weighted by atomic mass is 16.4. The normalized spacial score (nSPS) is 12.3. The minimum Gasteiger partial charge on any atom is -0.419 e. The van der Waals surface area contributed by atoms with E-state index in [1.54, 1.807) is 6.08 Å². The molecule has 1 aliphatic carbocycles. The Morgan fingerprint density at radius 2 is 1.76 bits per heavy atom. The molecule has 1 aromatic heterocycles. The minimum atomic E-state index is -0.432. The molecule has 0 atom stereocenters. The number of rotatable bonds is 3. The van der Waals surface area contributed by atoms with Gasteiger partial charge in [0, 0.05) is 25.8 Å². The Morgan fingerprint density at radius 3 is 2.62 bits per heavy atom. The van der Waals surface area contributed by atoms with Gasteiger partial charge in [-0.1, -0.05) is 48.5 Å². The van der Waals surface area contributed by atoms with Crippen molar-refractivity contribution >= 4 is 28.9 Å². The molecule has 3 aromatic carbocycles. The lowest BCUT2D eigenvalue weighted by molar-refractivity contribution is 0.552. The van der Waals surface area contributed by atoms with Gasteiger partial charge in [-0.05, 0) is 52.4 Å². The van der Waals surface area contributed by atoms with Crippen molar-refractivity contribution in [3.63, 3.8) is 0 Å². The molecular formula is C25H20N2O2. The predicted molar refractivity (Wildman–Crippen MR) is 118 cm³/mol. The Hall–Kier alpha value is -3.66. The highest BCUT2D eigenvalue weighted by Gasteiger charge is 2.17. The first-order valence-corrected chi connectivity index (χ1v) is 9.60. The van der Waals surface area contributed by atoms with Gasteiger partial charge in [0.1, 0.15) is 11.2 Å². The topological polar surface area (TPSA) is 46.3 Å². The fourth-order valence-corrected chi connectivity index (χ4v) is 3.83. The minimum absolute atomic E-state index is 0.305. The molecule has 4 aromatic rings. The van der Waals surface area contributed by atoms with E-state index in [0.717, 1.165) is 17.7 Å². The first-order valence-electron chi connectivity index (χ1n) is 9.60. The van der Waals surface area contributed by atoms with Crippen molar-refractivity contribution in [1.82, 2.24) is 4.98 Å². The fourth-order valence-electron chi connectivity index (χ4n) is 3.83. The molecule has 0 spiro atoms. The summed E-state index contributed by atoms with van der Waals surface area (Å²) in [5, 5.41) is 0. The van der Waals surface area contributed by atoms with Crippen LogP contribution in [0, 0.1) is 0 Å². The van der Waals surface area contributed by atoms with Gasteiger partial charge in [0.25, 0.3) is 0 Å². The van der Waals surface area contributed by atoms with Gasteiger partial charge in [0.05, 0.1) is 0 Å². The predicted octanol–water partition coefficient (Wildman–Crippen LogP) is 5.00. The van der Waals surface area contributed by atoms with Crippen LogP contribution < -0.4 is 10.5 Å². The van der Waals surface area contributed by atoms with Gasteiger partial charge in [-0.2, -0.15) is 0 Å². The second-order valence-electron chi connectivity index (χ2n) is 7.52. The summed E-state index contributed by atoms with van der Waals surface area (Å²) >= 11 is 0. The molecular weight excluding hydrogens is 360 g/mol. The van der Waals surface area contributed by atoms with E-state index in [0.29, 0.717) is 16.8 Å². The van der Waals surface area contributed by atoms with Crippen LogP contribution >= 0.6 is 0 Å². The molecule has 142 valence electrons. The Labute approximate surface area is 168 Å². The van der Waals surface area contributed by atoms with E-state index >= 15 is 0 Å². The molecule has 1 heterocycles. The standard InChI is InChI=1S/C25H20N2O2/c1-27(2)19-9-12-22-24(15-19)29-25(28)23(26-22)11-8-16-7-10-21-18(13-16)14-17-5-3-4-6-20(17)21/h3-13,15H,14H2,1-2H3/b11-8+. The van der Waals surface area contributed by atoms with Gasteiger partial charge < -0.3 is 9.32 Å². The second-order valence-corrected chi connectivity index (χ2v) is 7.52. The Balaban J connectivity index is 1.47. The van der Waals surface area contributed by atoms with Crippen molar-refractivity contribution in [2.24, 2.45) is 0 Å². The lowest BCUT2D eigenvalue weighted by Gasteiger charge is -2.12. The fraction of sp³-hybridized carbons (Fsp3) is 0.120. The second kappa shape index (κ2) is 6.74. The van der Waals surface area contributed by atoms with E-state index in [2.05, 4.69) is 47.4 Å². The zero-order valence-electron chi connectivity index (χ0n) is 16.3. The Bertz CT molecular complexity index is 1330. The maximum atomic E-state index is 12.4. The van der Waals surface area contributed by atoms with Gasteiger partial charge in [0.2, 0.25) is 0 Å². The molecule has 0 saturated heterocycles. The SMILES string of the molecule is CN(C)c1ccc2nc(/C=C/c3ccc4c(c3)Cc3ccccc3-4)c(=O)oc2c1. The molecule has 4 nitrogen and oxygen atoms in total. The smallest absolute Gasteiger partial charge is 0.362 e. The van der Waals surface area contributed by atoms with Gasteiger partial charge in [-0.15, -0.1) is 0 Å². The number of anilines is 1. The maximum absolute atomic E-state index is 12.4. The number of nitrogens with zero attached hydrogens (tertiary/aromatic N) is 2. The number of aromatic nitrogens is 1. The van der Waals surface area contributed by atoms with Crippen molar-refractivity contribution in [3.8, 4) is 11.1 Å². The number of benzene rings is 3. The summed E-state index contributed by atoms with van der Waals surface area (Å²) in [5.41, 5.74) is 8.31. The molecule has 0 bridgehead atoms. The zero-order chi connectivity index (χ0) is 20.0. The summed E-state index contributed by atoms with van der Waals surface area (Å²) in [6.45, 7) is 0. The van der Waals surface area contributed by atoms with Crippen molar-refractivity contribution in [2.45, 2.75) is 6.42 Å². The first kappa shape index (κ1) is 17.4. The average molecular weight is 380 g/mol. The van der Waals surface area contributed by atoms with Crippen molar-refractivity contribution < 1.29 is 4.42 Å². The van der Waals surface area contributed by atoms with Gasteiger partial charge >= 0.3 is 5.63 Å². The van der Waals surface area contributed by atoms with Crippen molar-refractivity contribution in [1.29, 1.82) is 0 Å².